The highest BCUT2D eigenvalue weighted by Crippen LogP contribution is 2.25. The van der Waals surface area contributed by atoms with Gasteiger partial charge in [0.2, 0.25) is 0 Å². The highest BCUT2D eigenvalue weighted by atomic mass is 79.9. The van der Waals surface area contributed by atoms with Gasteiger partial charge in [0.25, 0.3) is 0 Å². The molecule has 23 heavy (non-hydrogen) atoms. The highest BCUT2D eigenvalue weighted by Gasteiger charge is 2.04. The van der Waals surface area contributed by atoms with Crippen molar-refractivity contribution in [3.63, 3.8) is 0 Å². The van der Waals surface area contributed by atoms with Crippen molar-refractivity contribution in [3.8, 4) is 5.75 Å². The van der Waals surface area contributed by atoms with Crippen molar-refractivity contribution in [3.05, 3.63) is 100 Å². The summed E-state index contributed by atoms with van der Waals surface area (Å²) >= 11 is 3.67. The molecule has 0 unspecified atom stereocenters. The van der Waals surface area contributed by atoms with Crippen molar-refractivity contribution < 1.29 is 4.74 Å². The van der Waals surface area contributed by atoms with E-state index in [2.05, 4.69) is 70.5 Å². The zero-order valence-electron chi connectivity index (χ0n) is 12.9. The van der Waals surface area contributed by atoms with Crippen LogP contribution in [0.25, 0.3) is 0 Å². The predicted molar refractivity (Wildman–Crippen MR) is 98.8 cm³/mol. The number of hydrogen-bond acceptors (Lipinski definition) is 1. The Labute approximate surface area is 146 Å². The monoisotopic (exact) mass is 366 g/mol. The fourth-order valence-electron chi connectivity index (χ4n) is 2.49. The fourth-order valence-corrected chi connectivity index (χ4v) is 3.04. The van der Waals surface area contributed by atoms with E-state index in [0.29, 0.717) is 6.61 Å². The molecule has 1 nitrogen and oxygen atoms in total. The number of benzene rings is 3. The van der Waals surface area contributed by atoms with Crippen molar-refractivity contribution in [2.45, 2.75) is 19.4 Å². The third-order valence-electron chi connectivity index (χ3n) is 3.80. The van der Waals surface area contributed by atoms with Gasteiger partial charge >= 0.3 is 0 Å². The average Bonchev–Trinajstić information content (AvgIpc) is 2.61. The quantitative estimate of drug-likeness (QED) is 0.534. The molecule has 0 aliphatic rings. The smallest absolute Gasteiger partial charge is 0.120 e. The topological polar surface area (TPSA) is 9.23 Å². The fraction of sp³-hybridized carbons (Fsp3) is 0.143. The molecular formula is C21H19BrO. The van der Waals surface area contributed by atoms with E-state index >= 15 is 0 Å². The molecule has 3 rings (SSSR count). The lowest BCUT2D eigenvalue weighted by molar-refractivity contribution is 0.306. The van der Waals surface area contributed by atoms with Crippen LogP contribution in [0.15, 0.2) is 83.3 Å². The van der Waals surface area contributed by atoms with Gasteiger partial charge in [0.05, 0.1) is 0 Å². The Morgan fingerprint density at radius 2 is 1.35 bits per heavy atom. The number of hydrogen-bond donors (Lipinski definition) is 0. The van der Waals surface area contributed by atoms with Crippen molar-refractivity contribution >= 4 is 15.9 Å². The summed E-state index contributed by atoms with van der Waals surface area (Å²) < 4.78 is 6.97. The summed E-state index contributed by atoms with van der Waals surface area (Å²) in [6.07, 6.45) is 2.06. The lowest BCUT2D eigenvalue weighted by Gasteiger charge is -2.10. The lowest BCUT2D eigenvalue weighted by Crippen LogP contribution is -1.97. The maximum absolute atomic E-state index is 5.86. The molecule has 0 fully saturated rings. The summed E-state index contributed by atoms with van der Waals surface area (Å²) in [7, 11) is 0. The van der Waals surface area contributed by atoms with Gasteiger partial charge < -0.3 is 4.74 Å². The van der Waals surface area contributed by atoms with Crippen LogP contribution in [0.5, 0.6) is 5.75 Å². The van der Waals surface area contributed by atoms with Crippen LogP contribution < -0.4 is 4.74 Å². The van der Waals surface area contributed by atoms with E-state index < -0.39 is 0 Å². The zero-order valence-corrected chi connectivity index (χ0v) is 14.5. The number of halogens is 1. The normalized spacial score (nSPS) is 10.5. The molecule has 3 aromatic rings. The van der Waals surface area contributed by atoms with Gasteiger partial charge in [-0.15, -0.1) is 0 Å². The van der Waals surface area contributed by atoms with Gasteiger partial charge in [-0.05, 0) is 41.7 Å². The van der Waals surface area contributed by atoms with Crippen LogP contribution in [0.3, 0.4) is 0 Å². The van der Waals surface area contributed by atoms with Crippen LogP contribution >= 0.6 is 15.9 Å². The lowest BCUT2D eigenvalue weighted by atomic mass is 10.0. The molecule has 116 valence electrons. The SMILES string of the molecule is Brc1cc(OCc2ccccc2)ccc1CCc1ccccc1. The summed E-state index contributed by atoms with van der Waals surface area (Å²) in [4.78, 5) is 0. The van der Waals surface area contributed by atoms with Gasteiger partial charge in [0.15, 0.2) is 0 Å². The average molecular weight is 367 g/mol. The maximum atomic E-state index is 5.86. The molecule has 0 saturated carbocycles. The second-order valence-corrected chi connectivity index (χ2v) is 6.37. The van der Waals surface area contributed by atoms with Crippen molar-refractivity contribution in [1.29, 1.82) is 0 Å². The standard InChI is InChI=1S/C21H19BrO/c22-21-15-20(23-16-18-9-5-2-6-10-18)14-13-19(21)12-11-17-7-3-1-4-8-17/h1-10,13-15H,11-12,16H2. The Kier molecular flexibility index (Phi) is 5.49. The minimum absolute atomic E-state index is 0.594. The van der Waals surface area contributed by atoms with Gasteiger partial charge in [0.1, 0.15) is 12.4 Å². The maximum Gasteiger partial charge on any atom is 0.120 e. The van der Waals surface area contributed by atoms with E-state index in [9.17, 15) is 0 Å². The number of aryl methyl sites for hydroxylation is 2. The second-order valence-electron chi connectivity index (χ2n) is 5.51. The van der Waals surface area contributed by atoms with E-state index in [1.165, 1.54) is 16.7 Å². The van der Waals surface area contributed by atoms with Crippen LogP contribution in [-0.4, -0.2) is 0 Å². The predicted octanol–water partition coefficient (Wildman–Crippen LogP) is 5.81. The van der Waals surface area contributed by atoms with E-state index in [1.807, 2.05) is 24.3 Å². The molecule has 2 heteroatoms. The molecule has 0 N–H and O–H groups in total. The van der Waals surface area contributed by atoms with Crippen molar-refractivity contribution in [2.75, 3.05) is 0 Å². The first kappa shape index (κ1) is 15.8. The Balaban J connectivity index is 1.59. The largest absolute Gasteiger partial charge is 0.489 e. The highest BCUT2D eigenvalue weighted by molar-refractivity contribution is 9.10. The molecule has 0 bridgehead atoms. The zero-order chi connectivity index (χ0) is 15.9. The van der Waals surface area contributed by atoms with E-state index in [1.54, 1.807) is 0 Å². The van der Waals surface area contributed by atoms with Crippen molar-refractivity contribution in [1.82, 2.24) is 0 Å². The van der Waals surface area contributed by atoms with Gasteiger partial charge in [-0.2, -0.15) is 0 Å². The Morgan fingerprint density at radius 1 is 0.696 bits per heavy atom. The molecule has 0 heterocycles. The van der Waals surface area contributed by atoms with Crippen LogP contribution in [0.4, 0.5) is 0 Å². The molecule has 0 radical (unpaired) electrons. The summed E-state index contributed by atoms with van der Waals surface area (Å²) in [5.74, 6) is 0.893. The van der Waals surface area contributed by atoms with E-state index in [0.717, 1.165) is 23.1 Å². The molecule has 0 atom stereocenters. The molecule has 0 amide bonds. The number of ether oxygens (including phenoxy) is 1. The van der Waals surface area contributed by atoms with Crippen LogP contribution in [0.1, 0.15) is 16.7 Å². The summed E-state index contributed by atoms with van der Waals surface area (Å²) in [5, 5.41) is 0. The third-order valence-corrected chi connectivity index (χ3v) is 4.54. The summed E-state index contributed by atoms with van der Waals surface area (Å²) in [6, 6.07) is 27.0. The van der Waals surface area contributed by atoms with Crippen LogP contribution in [0, 0.1) is 0 Å². The van der Waals surface area contributed by atoms with Crippen LogP contribution in [-0.2, 0) is 19.4 Å². The molecule has 0 aliphatic heterocycles. The van der Waals surface area contributed by atoms with E-state index in [4.69, 9.17) is 4.74 Å². The molecule has 0 aliphatic carbocycles. The summed E-state index contributed by atoms with van der Waals surface area (Å²) in [6.45, 7) is 0.594. The molecule has 0 aromatic heterocycles. The second kappa shape index (κ2) is 7.98. The van der Waals surface area contributed by atoms with E-state index in [-0.39, 0.29) is 0 Å². The van der Waals surface area contributed by atoms with Gasteiger partial charge in [-0.25, -0.2) is 0 Å². The Hall–Kier alpha value is -2.06. The van der Waals surface area contributed by atoms with Crippen molar-refractivity contribution in [2.24, 2.45) is 0 Å². The first-order valence-electron chi connectivity index (χ1n) is 7.80. The Bertz CT molecular complexity index is 738. The third kappa shape index (κ3) is 4.70. The molecule has 3 aromatic carbocycles. The van der Waals surface area contributed by atoms with Gasteiger partial charge in [-0.1, -0.05) is 82.7 Å². The molecule has 0 spiro atoms. The van der Waals surface area contributed by atoms with Gasteiger partial charge in [0, 0.05) is 4.47 Å². The molecular weight excluding hydrogens is 348 g/mol. The van der Waals surface area contributed by atoms with Gasteiger partial charge in [-0.3, -0.25) is 0 Å². The summed E-state index contributed by atoms with van der Waals surface area (Å²) in [5.41, 5.74) is 3.85. The Morgan fingerprint density at radius 3 is 2.00 bits per heavy atom. The minimum atomic E-state index is 0.594. The first-order chi connectivity index (χ1) is 11.3. The van der Waals surface area contributed by atoms with Crippen LogP contribution in [0.2, 0.25) is 0 Å². The first-order valence-corrected chi connectivity index (χ1v) is 8.59. The minimum Gasteiger partial charge on any atom is -0.489 e. The molecule has 0 saturated heterocycles. The number of rotatable bonds is 6.